The third-order valence-electron chi connectivity index (χ3n) is 2.37. The molecule has 0 heterocycles. The van der Waals surface area contributed by atoms with Crippen LogP contribution in [-0.2, 0) is 10.1 Å². The van der Waals surface area contributed by atoms with Crippen LogP contribution in [0.2, 0.25) is 0 Å². The van der Waals surface area contributed by atoms with Crippen molar-refractivity contribution in [1.29, 1.82) is 5.26 Å². The largest absolute Gasteiger partial charge is 0.376 e. The Morgan fingerprint density at radius 2 is 1.80 bits per heavy atom. The van der Waals surface area contributed by atoms with Crippen LogP contribution in [0.5, 0.6) is 5.75 Å². The molecule has 0 radical (unpaired) electrons. The lowest BCUT2D eigenvalue weighted by molar-refractivity contribution is 0.457. The van der Waals surface area contributed by atoms with E-state index in [0.717, 1.165) is 18.2 Å². The summed E-state index contributed by atoms with van der Waals surface area (Å²) in [6, 6.07) is 9.26. The third-order valence-corrected chi connectivity index (χ3v) is 3.66. The molecule has 0 aromatic heterocycles. The zero-order valence-electron chi connectivity index (χ0n) is 9.88. The monoisotopic (exact) mass is 295 g/mol. The highest BCUT2D eigenvalue weighted by molar-refractivity contribution is 7.87. The molecule has 0 saturated carbocycles. The highest BCUT2D eigenvalue weighted by atomic mass is 32.2. The number of nitrogens with zero attached hydrogens (tertiary/aromatic N) is 1. The smallest absolute Gasteiger partial charge is 0.340 e. The second-order valence-corrected chi connectivity index (χ2v) is 5.23. The number of rotatable bonds is 3. The van der Waals surface area contributed by atoms with Crippen molar-refractivity contribution in [2.24, 2.45) is 0 Å². The Labute approximate surface area is 114 Å². The van der Waals surface area contributed by atoms with Gasteiger partial charge in [0, 0.05) is 6.07 Å². The van der Waals surface area contributed by atoms with Gasteiger partial charge in [0.05, 0.1) is 5.56 Å². The van der Waals surface area contributed by atoms with E-state index in [1.807, 2.05) is 0 Å². The van der Waals surface area contributed by atoms with Crippen LogP contribution in [0.4, 0.5) is 8.78 Å². The van der Waals surface area contributed by atoms with Crippen molar-refractivity contribution in [3.8, 4) is 11.8 Å². The summed E-state index contributed by atoms with van der Waals surface area (Å²) >= 11 is 0. The van der Waals surface area contributed by atoms with Gasteiger partial charge in [-0.15, -0.1) is 0 Å². The van der Waals surface area contributed by atoms with E-state index in [-0.39, 0.29) is 10.5 Å². The van der Waals surface area contributed by atoms with E-state index in [1.165, 1.54) is 18.2 Å². The van der Waals surface area contributed by atoms with Crippen LogP contribution in [0.3, 0.4) is 0 Å². The minimum Gasteiger partial charge on any atom is -0.376 e. The maximum atomic E-state index is 13.4. The predicted molar refractivity (Wildman–Crippen MR) is 65.3 cm³/mol. The van der Waals surface area contributed by atoms with E-state index in [4.69, 9.17) is 5.26 Å². The van der Waals surface area contributed by atoms with Gasteiger partial charge in [-0.2, -0.15) is 13.7 Å². The minimum absolute atomic E-state index is 0.130. The Morgan fingerprint density at radius 1 is 1.10 bits per heavy atom. The van der Waals surface area contributed by atoms with Crippen molar-refractivity contribution < 1.29 is 21.4 Å². The first-order valence-corrected chi connectivity index (χ1v) is 6.73. The van der Waals surface area contributed by atoms with Crippen LogP contribution in [0, 0.1) is 23.0 Å². The molecule has 2 aromatic carbocycles. The lowest BCUT2D eigenvalue weighted by Crippen LogP contribution is -2.12. The van der Waals surface area contributed by atoms with Crippen LogP contribution in [0.1, 0.15) is 5.56 Å². The Balaban J connectivity index is 2.44. The van der Waals surface area contributed by atoms with Gasteiger partial charge >= 0.3 is 10.1 Å². The molecule has 4 nitrogen and oxygen atoms in total. The Morgan fingerprint density at radius 3 is 2.45 bits per heavy atom. The van der Waals surface area contributed by atoms with E-state index in [9.17, 15) is 17.2 Å². The predicted octanol–water partition coefficient (Wildman–Crippen LogP) is 2.60. The SMILES string of the molecule is N#Cc1ccccc1S(=O)(=O)Oc1ccc(F)cc1F. The van der Waals surface area contributed by atoms with E-state index in [2.05, 4.69) is 4.18 Å². The fourth-order valence-electron chi connectivity index (χ4n) is 1.48. The molecule has 2 rings (SSSR count). The van der Waals surface area contributed by atoms with E-state index in [0.29, 0.717) is 6.07 Å². The Hall–Kier alpha value is -2.46. The molecule has 0 spiro atoms. The van der Waals surface area contributed by atoms with E-state index >= 15 is 0 Å². The first-order valence-electron chi connectivity index (χ1n) is 5.33. The van der Waals surface area contributed by atoms with Crippen molar-refractivity contribution in [2.45, 2.75) is 4.90 Å². The topological polar surface area (TPSA) is 67.2 Å². The van der Waals surface area contributed by atoms with Gasteiger partial charge in [-0.3, -0.25) is 0 Å². The van der Waals surface area contributed by atoms with Crippen molar-refractivity contribution >= 4 is 10.1 Å². The summed E-state index contributed by atoms with van der Waals surface area (Å²) in [4.78, 5) is -0.383. The van der Waals surface area contributed by atoms with Gasteiger partial charge < -0.3 is 4.18 Å². The summed E-state index contributed by atoms with van der Waals surface area (Å²) in [5.74, 6) is -2.65. The quantitative estimate of drug-likeness (QED) is 0.816. The first kappa shape index (κ1) is 14.0. The Kier molecular flexibility index (Phi) is 3.68. The molecule has 0 unspecified atom stereocenters. The molecule has 0 aliphatic carbocycles. The van der Waals surface area contributed by atoms with Crippen LogP contribution < -0.4 is 4.18 Å². The average Bonchev–Trinajstić information content (AvgIpc) is 2.42. The van der Waals surface area contributed by atoms with Crippen LogP contribution in [-0.4, -0.2) is 8.42 Å². The molecule has 0 N–H and O–H groups in total. The third kappa shape index (κ3) is 2.75. The zero-order chi connectivity index (χ0) is 14.8. The highest BCUT2D eigenvalue weighted by Gasteiger charge is 2.22. The lowest BCUT2D eigenvalue weighted by atomic mass is 10.2. The normalized spacial score (nSPS) is 10.8. The van der Waals surface area contributed by atoms with Gasteiger partial charge in [0.1, 0.15) is 16.8 Å². The second-order valence-electron chi connectivity index (χ2n) is 3.72. The van der Waals surface area contributed by atoms with Gasteiger partial charge in [0.25, 0.3) is 0 Å². The molecule has 0 bridgehead atoms. The van der Waals surface area contributed by atoms with Crippen molar-refractivity contribution in [1.82, 2.24) is 0 Å². The molecule has 0 atom stereocenters. The molecule has 0 aliphatic rings. The summed E-state index contributed by atoms with van der Waals surface area (Å²) in [5, 5.41) is 8.85. The first-order chi connectivity index (χ1) is 9.44. The summed E-state index contributed by atoms with van der Waals surface area (Å²) in [6.07, 6.45) is 0. The van der Waals surface area contributed by atoms with Crippen molar-refractivity contribution in [3.05, 3.63) is 59.7 Å². The molecule has 0 saturated heterocycles. The summed E-state index contributed by atoms with van der Waals surface area (Å²) in [5.41, 5.74) is -0.130. The number of hydrogen-bond donors (Lipinski definition) is 0. The van der Waals surface area contributed by atoms with Gasteiger partial charge in [0.15, 0.2) is 11.6 Å². The fraction of sp³-hybridized carbons (Fsp3) is 0. The summed E-state index contributed by atoms with van der Waals surface area (Å²) in [6.45, 7) is 0. The van der Waals surface area contributed by atoms with Gasteiger partial charge in [0.2, 0.25) is 0 Å². The molecule has 0 aliphatic heterocycles. The van der Waals surface area contributed by atoms with Crippen LogP contribution in [0.25, 0.3) is 0 Å². The summed E-state index contributed by atoms with van der Waals surface area (Å²) < 4.78 is 54.7. The van der Waals surface area contributed by atoms with E-state index < -0.39 is 27.5 Å². The maximum Gasteiger partial charge on any atom is 0.340 e. The molecular formula is C13H7F2NO3S. The van der Waals surface area contributed by atoms with Gasteiger partial charge in [-0.1, -0.05) is 12.1 Å². The summed E-state index contributed by atoms with van der Waals surface area (Å²) in [7, 11) is -4.38. The molecule has 0 amide bonds. The van der Waals surface area contributed by atoms with Gasteiger partial charge in [-0.25, -0.2) is 8.78 Å². The average molecular weight is 295 g/mol. The second kappa shape index (κ2) is 5.27. The van der Waals surface area contributed by atoms with Crippen LogP contribution >= 0.6 is 0 Å². The van der Waals surface area contributed by atoms with Crippen molar-refractivity contribution in [3.63, 3.8) is 0 Å². The van der Waals surface area contributed by atoms with Crippen LogP contribution in [0.15, 0.2) is 47.4 Å². The van der Waals surface area contributed by atoms with Crippen molar-refractivity contribution in [2.75, 3.05) is 0 Å². The number of nitriles is 1. The Bertz CT molecular complexity index is 798. The van der Waals surface area contributed by atoms with E-state index in [1.54, 1.807) is 6.07 Å². The number of benzene rings is 2. The molecule has 102 valence electrons. The lowest BCUT2D eigenvalue weighted by Gasteiger charge is -2.08. The standard InChI is InChI=1S/C13H7F2NO3S/c14-10-5-6-12(11(15)7-10)19-20(17,18)13-4-2-1-3-9(13)8-16/h1-7H. The molecule has 7 heteroatoms. The number of halogens is 2. The molecule has 2 aromatic rings. The highest BCUT2D eigenvalue weighted by Crippen LogP contribution is 2.24. The van der Waals surface area contributed by atoms with Gasteiger partial charge in [-0.05, 0) is 24.3 Å². The maximum absolute atomic E-state index is 13.4. The fourth-order valence-corrected chi connectivity index (χ4v) is 2.57. The zero-order valence-corrected chi connectivity index (χ0v) is 10.7. The minimum atomic E-state index is -4.38. The molecule has 0 fully saturated rings. The molecular weight excluding hydrogens is 288 g/mol. The molecule has 20 heavy (non-hydrogen) atoms. The number of hydrogen-bond acceptors (Lipinski definition) is 4.